The maximum absolute atomic E-state index is 11.3. The van der Waals surface area contributed by atoms with Gasteiger partial charge in [0.25, 0.3) is 0 Å². The maximum atomic E-state index is 11.3. The second kappa shape index (κ2) is 5.49. The normalized spacial score (nSPS) is 24.0. The molecule has 3 heteroatoms. The quantitative estimate of drug-likeness (QED) is 0.569. The molecule has 0 aromatic rings. The lowest BCUT2D eigenvalue weighted by atomic mass is 9.79. The van der Waals surface area contributed by atoms with Crippen LogP contribution in [0.4, 0.5) is 0 Å². The molecule has 15 heavy (non-hydrogen) atoms. The van der Waals surface area contributed by atoms with Crippen molar-refractivity contribution in [3.63, 3.8) is 0 Å². The molecule has 0 spiro atoms. The van der Waals surface area contributed by atoms with Gasteiger partial charge < -0.3 is 5.11 Å². The number of ketones is 1. The molecule has 0 saturated heterocycles. The molecule has 0 heterocycles. The highest BCUT2D eigenvalue weighted by Crippen LogP contribution is 2.29. The van der Waals surface area contributed by atoms with E-state index in [0.29, 0.717) is 12.8 Å². The van der Waals surface area contributed by atoms with Gasteiger partial charge in [-0.05, 0) is 24.7 Å². The predicted octanol–water partition coefficient (Wildman–Crippen LogP) is 2.19. The molecule has 0 aromatic carbocycles. The fraction of sp³-hybridized carbons (Fsp3) is 0.500. The maximum Gasteiger partial charge on any atom is 0.327 e. The van der Waals surface area contributed by atoms with Gasteiger partial charge in [0.1, 0.15) is 5.78 Å². The van der Waals surface area contributed by atoms with E-state index >= 15 is 0 Å². The lowest BCUT2D eigenvalue weighted by molar-refractivity contribution is -0.131. The molecule has 82 valence electrons. The van der Waals surface area contributed by atoms with E-state index in [1.165, 1.54) is 0 Å². The molecule has 0 radical (unpaired) electrons. The summed E-state index contributed by atoms with van der Waals surface area (Å²) in [5, 5.41) is 8.52. The lowest BCUT2D eigenvalue weighted by Crippen LogP contribution is -2.20. The zero-order chi connectivity index (χ0) is 11.3. The van der Waals surface area contributed by atoms with Crippen LogP contribution in [0.15, 0.2) is 24.8 Å². The Morgan fingerprint density at radius 1 is 1.60 bits per heavy atom. The Morgan fingerprint density at radius 3 is 2.87 bits per heavy atom. The third-order valence-electron chi connectivity index (χ3n) is 2.80. The summed E-state index contributed by atoms with van der Waals surface area (Å²) >= 11 is 0. The summed E-state index contributed by atoms with van der Waals surface area (Å²) < 4.78 is 0. The molecule has 0 amide bonds. The summed E-state index contributed by atoms with van der Waals surface area (Å²) in [6.07, 6.45) is 7.59. The lowest BCUT2D eigenvalue weighted by Gasteiger charge is -2.25. The third-order valence-corrected chi connectivity index (χ3v) is 2.80. The Hall–Kier alpha value is -1.38. The largest absolute Gasteiger partial charge is 0.478 e. The zero-order valence-corrected chi connectivity index (χ0v) is 8.69. The van der Waals surface area contributed by atoms with Crippen molar-refractivity contribution < 1.29 is 14.7 Å². The van der Waals surface area contributed by atoms with Crippen LogP contribution in [-0.4, -0.2) is 16.9 Å². The van der Waals surface area contributed by atoms with Gasteiger partial charge in [-0.1, -0.05) is 12.2 Å². The van der Waals surface area contributed by atoms with Crippen molar-refractivity contribution in [3.8, 4) is 0 Å². The van der Waals surface area contributed by atoms with E-state index in [-0.39, 0.29) is 17.6 Å². The van der Waals surface area contributed by atoms with Crippen molar-refractivity contribution >= 4 is 11.8 Å². The first kappa shape index (κ1) is 11.7. The van der Waals surface area contributed by atoms with E-state index < -0.39 is 5.97 Å². The van der Waals surface area contributed by atoms with Gasteiger partial charge in [-0.15, -0.1) is 6.58 Å². The van der Waals surface area contributed by atoms with Gasteiger partial charge in [0.2, 0.25) is 0 Å². The van der Waals surface area contributed by atoms with E-state index in [2.05, 4.69) is 6.58 Å². The number of aliphatic carboxylic acids is 1. The van der Waals surface area contributed by atoms with Crippen molar-refractivity contribution in [1.29, 1.82) is 0 Å². The average molecular weight is 208 g/mol. The SMILES string of the molecule is C=CC(/C=C/C(=O)O)C1CCCC(=O)C1. The van der Waals surface area contributed by atoms with Crippen molar-refractivity contribution in [2.24, 2.45) is 11.8 Å². The summed E-state index contributed by atoms with van der Waals surface area (Å²) in [5.74, 6) is -0.435. The zero-order valence-electron chi connectivity index (χ0n) is 8.69. The topological polar surface area (TPSA) is 54.4 Å². The van der Waals surface area contributed by atoms with Gasteiger partial charge in [-0.2, -0.15) is 0 Å². The van der Waals surface area contributed by atoms with E-state index in [4.69, 9.17) is 5.11 Å². The number of allylic oxidation sites excluding steroid dienone is 2. The molecule has 1 fully saturated rings. The first-order valence-electron chi connectivity index (χ1n) is 5.19. The molecule has 3 nitrogen and oxygen atoms in total. The molecule has 0 aromatic heterocycles. The molecule has 0 aliphatic heterocycles. The second-order valence-electron chi connectivity index (χ2n) is 3.91. The number of carbonyl (C=O) groups is 2. The number of hydrogen-bond acceptors (Lipinski definition) is 2. The van der Waals surface area contributed by atoms with Crippen LogP contribution in [0.5, 0.6) is 0 Å². The molecule has 1 rings (SSSR count). The molecule has 1 aliphatic carbocycles. The summed E-state index contributed by atoms with van der Waals surface area (Å²) in [6, 6.07) is 0. The van der Waals surface area contributed by atoms with Crippen LogP contribution in [-0.2, 0) is 9.59 Å². The number of rotatable bonds is 4. The molecule has 0 bridgehead atoms. The summed E-state index contributed by atoms with van der Waals surface area (Å²) in [6.45, 7) is 3.68. The van der Waals surface area contributed by atoms with Crippen molar-refractivity contribution in [1.82, 2.24) is 0 Å². The van der Waals surface area contributed by atoms with Crippen LogP contribution in [0.1, 0.15) is 25.7 Å². The van der Waals surface area contributed by atoms with E-state index in [9.17, 15) is 9.59 Å². The Bertz CT molecular complexity index is 291. The smallest absolute Gasteiger partial charge is 0.327 e. The highest BCUT2D eigenvalue weighted by Gasteiger charge is 2.23. The van der Waals surface area contributed by atoms with Crippen LogP contribution in [0, 0.1) is 11.8 Å². The minimum absolute atomic E-state index is 0.00495. The summed E-state index contributed by atoms with van der Waals surface area (Å²) in [7, 11) is 0. The van der Waals surface area contributed by atoms with Gasteiger partial charge in [0.05, 0.1) is 0 Å². The van der Waals surface area contributed by atoms with Crippen LogP contribution in [0.25, 0.3) is 0 Å². The summed E-state index contributed by atoms with van der Waals surface area (Å²) in [4.78, 5) is 21.6. The number of carboxylic acids is 1. The number of hydrogen-bond donors (Lipinski definition) is 1. The first-order chi connectivity index (χ1) is 7.13. The van der Waals surface area contributed by atoms with Crippen molar-refractivity contribution in [3.05, 3.63) is 24.8 Å². The Kier molecular flexibility index (Phi) is 4.28. The Morgan fingerprint density at radius 2 is 2.33 bits per heavy atom. The standard InChI is InChI=1S/C12H16O3/c1-2-9(6-7-12(14)15)10-4-3-5-11(13)8-10/h2,6-7,9-10H,1,3-5,8H2,(H,14,15)/b7-6+. The van der Waals surface area contributed by atoms with Gasteiger partial charge in [-0.3, -0.25) is 4.79 Å². The van der Waals surface area contributed by atoms with E-state index in [1.807, 2.05) is 0 Å². The van der Waals surface area contributed by atoms with Gasteiger partial charge in [0.15, 0.2) is 0 Å². The monoisotopic (exact) mass is 208 g/mol. The van der Waals surface area contributed by atoms with Crippen molar-refractivity contribution in [2.75, 3.05) is 0 Å². The van der Waals surface area contributed by atoms with Gasteiger partial charge in [0, 0.05) is 18.9 Å². The first-order valence-corrected chi connectivity index (χ1v) is 5.19. The van der Waals surface area contributed by atoms with Gasteiger partial charge >= 0.3 is 5.97 Å². The van der Waals surface area contributed by atoms with Crippen LogP contribution < -0.4 is 0 Å². The number of Topliss-reactive ketones (excluding diaryl/α,β-unsaturated/α-hetero) is 1. The Balaban J connectivity index is 2.61. The predicted molar refractivity (Wildman–Crippen MR) is 57.4 cm³/mol. The fourth-order valence-corrected chi connectivity index (χ4v) is 2.01. The minimum atomic E-state index is -0.955. The van der Waals surface area contributed by atoms with Crippen LogP contribution in [0.2, 0.25) is 0 Å². The van der Waals surface area contributed by atoms with E-state index in [1.54, 1.807) is 12.2 Å². The van der Waals surface area contributed by atoms with E-state index in [0.717, 1.165) is 18.9 Å². The Labute approximate surface area is 89.5 Å². The number of carbonyl (C=O) groups excluding carboxylic acids is 1. The molecule has 2 atom stereocenters. The molecule has 1 saturated carbocycles. The van der Waals surface area contributed by atoms with Crippen LogP contribution >= 0.6 is 0 Å². The molecular formula is C12H16O3. The summed E-state index contributed by atoms with van der Waals surface area (Å²) in [5.41, 5.74) is 0. The number of carboxylic acid groups (broad SMARTS) is 1. The molecule has 1 aliphatic rings. The van der Waals surface area contributed by atoms with Crippen LogP contribution in [0.3, 0.4) is 0 Å². The van der Waals surface area contributed by atoms with Gasteiger partial charge in [-0.25, -0.2) is 4.79 Å². The highest BCUT2D eigenvalue weighted by atomic mass is 16.4. The molecular weight excluding hydrogens is 192 g/mol. The minimum Gasteiger partial charge on any atom is -0.478 e. The second-order valence-corrected chi connectivity index (χ2v) is 3.91. The molecule has 2 unspecified atom stereocenters. The highest BCUT2D eigenvalue weighted by molar-refractivity contribution is 5.80. The molecule has 1 N–H and O–H groups in total. The third kappa shape index (κ3) is 3.70. The fourth-order valence-electron chi connectivity index (χ4n) is 2.01. The van der Waals surface area contributed by atoms with Crippen molar-refractivity contribution in [2.45, 2.75) is 25.7 Å². The average Bonchev–Trinajstić information content (AvgIpc) is 2.18.